The number of carbonyl (C=O) groups is 4. The van der Waals surface area contributed by atoms with E-state index in [0.29, 0.717) is 5.56 Å². The molecule has 0 aromatic heterocycles. The van der Waals surface area contributed by atoms with Gasteiger partial charge in [-0.1, -0.05) is 23.8 Å². The van der Waals surface area contributed by atoms with E-state index in [4.69, 9.17) is 4.74 Å². The van der Waals surface area contributed by atoms with Crippen molar-refractivity contribution < 1.29 is 33.8 Å². The number of rotatable bonds is 8. The molecule has 3 N–H and O–H groups in total. The SMILES string of the molecule is COC(=O)CNC(=O)C(c1cc(C)ccc1C)N(C)C(=O)C(CO)NC(=O)OC(C)(C)C. The molecule has 1 aromatic carbocycles. The Balaban J connectivity index is 3.22. The molecule has 0 fully saturated rings. The van der Waals surface area contributed by atoms with E-state index in [-0.39, 0.29) is 6.54 Å². The number of aliphatic hydroxyl groups is 1. The minimum absolute atomic E-state index is 0.377. The van der Waals surface area contributed by atoms with E-state index in [2.05, 4.69) is 15.4 Å². The van der Waals surface area contributed by atoms with Crippen LogP contribution < -0.4 is 10.6 Å². The van der Waals surface area contributed by atoms with Gasteiger partial charge in [-0.3, -0.25) is 14.4 Å². The quantitative estimate of drug-likeness (QED) is 0.502. The first-order valence-electron chi connectivity index (χ1n) is 10.1. The predicted octanol–water partition coefficient (Wildman–Crippen LogP) is 0.978. The van der Waals surface area contributed by atoms with Crippen LogP contribution in [0, 0.1) is 13.8 Å². The van der Waals surface area contributed by atoms with Gasteiger partial charge in [0.05, 0.1) is 13.7 Å². The molecule has 0 aliphatic rings. The van der Waals surface area contributed by atoms with Gasteiger partial charge in [-0.15, -0.1) is 0 Å². The third kappa shape index (κ3) is 7.84. The Kier molecular flexibility index (Phi) is 9.64. The van der Waals surface area contributed by atoms with Gasteiger partial charge in [0.15, 0.2) is 0 Å². The first-order chi connectivity index (χ1) is 14.8. The molecule has 1 rings (SSSR count). The number of aryl methyl sites for hydroxylation is 2. The second kappa shape index (κ2) is 11.5. The van der Waals surface area contributed by atoms with Crippen molar-refractivity contribution in [3.8, 4) is 0 Å². The molecule has 0 spiro atoms. The Bertz CT molecular complexity index is 848. The number of hydrogen-bond donors (Lipinski definition) is 3. The lowest BCUT2D eigenvalue weighted by molar-refractivity contribution is -0.144. The molecule has 0 saturated heterocycles. The third-order valence-electron chi connectivity index (χ3n) is 4.52. The van der Waals surface area contributed by atoms with Crippen molar-refractivity contribution in [2.24, 2.45) is 0 Å². The summed E-state index contributed by atoms with van der Waals surface area (Å²) < 4.78 is 9.69. The van der Waals surface area contributed by atoms with E-state index < -0.39 is 48.2 Å². The highest BCUT2D eigenvalue weighted by molar-refractivity contribution is 5.93. The van der Waals surface area contributed by atoms with Crippen LogP contribution in [0.1, 0.15) is 43.5 Å². The zero-order valence-corrected chi connectivity index (χ0v) is 19.6. The fraction of sp³-hybridized carbons (Fsp3) is 0.545. The maximum Gasteiger partial charge on any atom is 0.408 e. The van der Waals surface area contributed by atoms with Crippen LogP contribution in [0.25, 0.3) is 0 Å². The molecule has 10 nitrogen and oxygen atoms in total. The van der Waals surface area contributed by atoms with E-state index >= 15 is 0 Å². The monoisotopic (exact) mass is 451 g/mol. The second-order valence-electron chi connectivity index (χ2n) is 8.39. The molecule has 2 unspecified atom stereocenters. The largest absolute Gasteiger partial charge is 0.468 e. The number of aliphatic hydroxyl groups excluding tert-OH is 1. The van der Waals surface area contributed by atoms with Crippen molar-refractivity contribution in [2.75, 3.05) is 27.3 Å². The van der Waals surface area contributed by atoms with Gasteiger partial charge in [-0.05, 0) is 45.7 Å². The Hall–Kier alpha value is -3.14. The number of carbonyl (C=O) groups excluding carboxylic acids is 4. The van der Waals surface area contributed by atoms with E-state index in [1.165, 1.54) is 14.2 Å². The summed E-state index contributed by atoms with van der Waals surface area (Å²) in [6.07, 6.45) is -0.878. The molecular formula is C22H33N3O7. The molecule has 10 heteroatoms. The van der Waals surface area contributed by atoms with Gasteiger partial charge in [-0.2, -0.15) is 0 Å². The van der Waals surface area contributed by atoms with Crippen molar-refractivity contribution in [1.29, 1.82) is 0 Å². The number of benzene rings is 1. The lowest BCUT2D eigenvalue weighted by Crippen LogP contribution is -2.53. The van der Waals surface area contributed by atoms with Gasteiger partial charge in [0.1, 0.15) is 24.2 Å². The standard InChI is InChI=1S/C22H33N3O7/c1-13-8-9-14(2)15(10-13)18(19(28)23-11-17(27)31-7)25(6)20(29)16(12-26)24-21(30)32-22(3,4)5/h8-10,16,18,26H,11-12H2,1-7H3,(H,23,28)(H,24,30). The van der Waals surface area contributed by atoms with Gasteiger partial charge in [0, 0.05) is 7.05 Å². The van der Waals surface area contributed by atoms with Crippen LogP contribution in [-0.4, -0.2) is 72.8 Å². The van der Waals surface area contributed by atoms with Crippen LogP contribution >= 0.6 is 0 Å². The van der Waals surface area contributed by atoms with Crippen molar-refractivity contribution in [2.45, 2.75) is 52.3 Å². The summed E-state index contributed by atoms with van der Waals surface area (Å²) in [5.74, 6) is -1.97. The fourth-order valence-electron chi connectivity index (χ4n) is 2.92. The highest BCUT2D eigenvalue weighted by Gasteiger charge is 2.34. The minimum atomic E-state index is -1.34. The highest BCUT2D eigenvalue weighted by Crippen LogP contribution is 2.25. The summed E-state index contributed by atoms with van der Waals surface area (Å²) >= 11 is 0. The number of ether oxygens (including phenoxy) is 2. The minimum Gasteiger partial charge on any atom is -0.468 e. The van der Waals surface area contributed by atoms with Crippen molar-refractivity contribution in [3.05, 3.63) is 34.9 Å². The number of amides is 3. The fourth-order valence-corrected chi connectivity index (χ4v) is 2.92. The summed E-state index contributed by atoms with van der Waals surface area (Å²) in [7, 11) is 2.58. The lowest BCUT2D eigenvalue weighted by Gasteiger charge is -2.31. The van der Waals surface area contributed by atoms with E-state index in [9.17, 15) is 24.3 Å². The van der Waals surface area contributed by atoms with Gasteiger partial charge in [-0.25, -0.2) is 4.79 Å². The highest BCUT2D eigenvalue weighted by atomic mass is 16.6. The lowest BCUT2D eigenvalue weighted by atomic mass is 9.96. The van der Waals surface area contributed by atoms with E-state index in [0.717, 1.165) is 16.0 Å². The molecule has 1 aromatic rings. The number of alkyl carbamates (subject to hydrolysis) is 1. The maximum absolute atomic E-state index is 13.1. The average molecular weight is 452 g/mol. The summed E-state index contributed by atoms with van der Waals surface area (Å²) in [5.41, 5.74) is 1.35. The van der Waals surface area contributed by atoms with Crippen LogP contribution in [0.15, 0.2) is 18.2 Å². The Morgan fingerprint density at radius 2 is 1.78 bits per heavy atom. The third-order valence-corrected chi connectivity index (χ3v) is 4.52. The molecule has 0 bridgehead atoms. The summed E-state index contributed by atoms with van der Waals surface area (Å²) in [5, 5.41) is 14.5. The number of methoxy groups -OCH3 is 1. The second-order valence-corrected chi connectivity index (χ2v) is 8.39. The Morgan fingerprint density at radius 1 is 1.16 bits per heavy atom. The Morgan fingerprint density at radius 3 is 2.31 bits per heavy atom. The van der Waals surface area contributed by atoms with Crippen LogP contribution in [0.2, 0.25) is 0 Å². The van der Waals surface area contributed by atoms with Gasteiger partial charge in [0.25, 0.3) is 0 Å². The zero-order valence-electron chi connectivity index (χ0n) is 19.6. The average Bonchev–Trinajstić information content (AvgIpc) is 2.70. The summed E-state index contributed by atoms with van der Waals surface area (Å²) in [6.45, 7) is 7.54. The van der Waals surface area contributed by atoms with Crippen molar-refractivity contribution in [3.63, 3.8) is 0 Å². The topological polar surface area (TPSA) is 134 Å². The first kappa shape index (κ1) is 26.9. The van der Waals surface area contributed by atoms with E-state index in [1.54, 1.807) is 33.8 Å². The zero-order chi connectivity index (χ0) is 24.6. The molecule has 0 aliphatic carbocycles. The van der Waals surface area contributed by atoms with Crippen molar-refractivity contribution >= 4 is 23.9 Å². The summed E-state index contributed by atoms with van der Waals surface area (Å²) in [6, 6.07) is 2.98. The smallest absolute Gasteiger partial charge is 0.408 e. The summed E-state index contributed by atoms with van der Waals surface area (Å²) in [4.78, 5) is 50.8. The molecule has 0 radical (unpaired) electrons. The maximum atomic E-state index is 13.1. The molecule has 0 aliphatic heterocycles. The molecular weight excluding hydrogens is 418 g/mol. The number of esters is 1. The first-order valence-corrected chi connectivity index (χ1v) is 10.1. The van der Waals surface area contributed by atoms with E-state index in [1.807, 2.05) is 19.1 Å². The van der Waals surface area contributed by atoms with Gasteiger partial charge in [0.2, 0.25) is 11.8 Å². The molecule has 2 atom stereocenters. The van der Waals surface area contributed by atoms with Crippen LogP contribution in [-0.2, 0) is 23.9 Å². The van der Waals surface area contributed by atoms with Crippen LogP contribution in [0.5, 0.6) is 0 Å². The molecule has 3 amide bonds. The van der Waals surface area contributed by atoms with Crippen LogP contribution in [0.3, 0.4) is 0 Å². The van der Waals surface area contributed by atoms with Gasteiger partial charge < -0.3 is 30.1 Å². The predicted molar refractivity (Wildman–Crippen MR) is 117 cm³/mol. The van der Waals surface area contributed by atoms with Crippen molar-refractivity contribution in [1.82, 2.24) is 15.5 Å². The number of nitrogens with zero attached hydrogens (tertiary/aromatic N) is 1. The van der Waals surface area contributed by atoms with Gasteiger partial charge >= 0.3 is 12.1 Å². The number of hydrogen-bond acceptors (Lipinski definition) is 7. The molecule has 0 saturated carbocycles. The number of likely N-dealkylation sites (N-methyl/N-ethyl adjacent to an activating group) is 1. The molecule has 178 valence electrons. The molecule has 32 heavy (non-hydrogen) atoms. The van der Waals surface area contributed by atoms with Crippen LogP contribution in [0.4, 0.5) is 4.79 Å². The molecule has 0 heterocycles. The normalized spacial score (nSPS) is 12.9. The Labute approximate surface area is 188 Å². The number of nitrogens with one attached hydrogen (secondary N) is 2.